The van der Waals surface area contributed by atoms with Crippen molar-refractivity contribution in [2.75, 3.05) is 13.1 Å². The van der Waals surface area contributed by atoms with E-state index in [1.54, 1.807) is 0 Å². The zero-order valence-corrected chi connectivity index (χ0v) is 13.5. The van der Waals surface area contributed by atoms with Gasteiger partial charge in [-0.15, -0.1) is 0 Å². The van der Waals surface area contributed by atoms with E-state index >= 15 is 0 Å². The second-order valence-electron chi connectivity index (χ2n) is 6.27. The van der Waals surface area contributed by atoms with E-state index in [0.717, 1.165) is 19.0 Å². The first-order chi connectivity index (χ1) is 9.11. The molecule has 0 saturated carbocycles. The standard InChI is InChI=1S/C16H28N2S/c1-5-13(4)15-10-18(9-14-6-7-19-11-14)16(8-17-15)12(2)3/h6-7,11-13,15-17H,5,8-10H2,1-4H3. The minimum atomic E-state index is 0.652. The highest BCUT2D eigenvalue weighted by atomic mass is 32.1. The lowest BCUT2D eigenvalue weighted by atomic mass is 9.92. The molecule has 0 aromatic carbocycles. The van der Waals surface area contributed by atoms with Crippen LogP contribution in [-0.4, -0.2) is 30.1 Å². The van der Waals surface area contributed by atoms with Gasteiger partial charge in [-0.25, -0.2) is 0 Å². The summed E-state index contributed by atoms with van der Waals surface area (Å²) in [7, 11) is 0. The Balaban J connectivity index is 2.04. The highest BCUT2D eigenvalue weighted by molar-refractivity contribution is 7.07. The maximum atomic E-state index is 3.77. The molecule has 1 saturated heterocycles. The Morgan fingerprint density at radius 2 is 2.21 bits per heavy atom. The fourth-order valence-corrected chi connectivity index (χ4v) is 3.64. The Morgan fingerprint density at radius 1 is 1.42 bits per heavy atom. The predicted molar refractivity (Wildman–Crippen MR) is 84.6 cm³/mol. The van der Waals surface area contributed by atoms with Gasteiger partial charge in [0.2, 0.25) is 0 Å². The smallest absolute Gasteiger partial charge is 0.0247 e. The monoisotopic (exact) mass is 280 g/mol. The summed E-state index contributed by atoms with van der Waals surface area (Å²) in [6, 6.07) is 3.58. The predicted octanol–water partition coefficient (Wildman–Crippen LogP) is 3.59. The third-order valence-electron chi connectivity index (χ3n) is 4.56. The fourth-order valence-electron chi connectivity index (χ4n) is 2.98. The van der Waals surface area contributed by atoms with Gasteiger partial charge in [0.05, 0.1) is 0 Å². The maximum absolute atomic E-state index is 3.77. The summed E-state index contributed by atoms with van der Waals surface area (Å²) in [6.07, 6.45) is 1.26. The molecule has 1 fully saturated rings. The van der Waals surface area contributed by atoms with Crippen molar-refractivity contribution < 1.29 is 0 Å². The van der Waals surface area contributed by atoms with Crippen molar-refractivity contribution in [1.82, 2.24) is 10.2 Å². The molecule has 3 unspecified atom stereocenters. The van der Waals surface area contributed by atoms with Gasteiger partial charge < -0.3 is 5.32 Å². The van der Waals surface area contributed by atoms with Crippen molar-refractivity contribution in [3.8, 4) is 0 Å². The number of hydrogen-bond donors (Lipinski definition) is 1. The summed E-state index contributed by atoms with van der Waals surface area (Å²) in [5.74, 6) is 1.47. The van der Waals surface area contributed by atoms with Crippen LogP contribution in [0.4, 0.5) is 0 Å². The Bertz CT molecular complexity index is 361. The second kappa shape index (κ2) is 6.87. The number of thiophene rings is 1. The van der Waals surface area contributed by atoms with Crippen molar-refractivity contribution >= 4 is 11.3 Å². The van der Waals surface area contributed by atoms with E-state index in [1.807, 2.05) is 11.3 Å². The first-order valence-corrected chi connectivity index (χ1v) is 8.54. The molecule has 0 spiro atoms. The molecule has 3 heteroatoms. The molecule has 19 heavy (non-hydrogen) atoms. The van der Waals surface area contributed by atoms with E-state index in [4.69, 9.17) is 0 Å². The molecule has 2 heterocycles. The van der Waals surface area contributed by atoms with Crippen LogP contribution in [0.1, 0.15) is 39.7 Å². The largest absolute Gasteiger partial charge is 0.311 e. The number of nitrogens with zero attached hydrogens (tertiary/aromatic N) is 1. The number of hydrogen-bond acceptors (Lipinski definition) is 3. The average Bonchev–Trinajstić information content (AvgIpc) is 2.90. The lowest BCUT2D eigenvalue weighted by molar-refractivity contribution is 0.0754. The first kappa shape index (κ1) is 15.0. The quantitative estimate of drug-likeness (QED) is 0.886. The van der Waals surface area contributed by atoms with Gasteiger partial charge >= 0.3 is 0 Å². The third-order valence-corrected chi connectivity index (χ3v) is 5.29. The highest BCUT2D eigenvalue weighted by Crippen LogP contribution is 2.22. The summed E-state index contributed by atoms with van der Waals surface area (Å²) in [5, 5.41) is 8.25. The molecule has 1 N–H and O–H groups in total. The summed E-state index contributed by atoms with van der Waals surface area (Å²) in [5.41, 5.74) is 1.47. The van der Waals surface area contributed by atoms with Crippen molar-refractivity contribution in [1.29, 1.82) is 0 Å². The molecule has 0 radical (unpaired) electrons. The summed E-state index contributed by atoms with van der Waals surface area (Å²) in [4.78, 5) is 2.69. The fraction of sp³-hybridized carbons (Fsp3) is 0.750. The number of rotatable bonds is 5. The van der Waals surface area contributed by atoms with Crippen molar-refractivity contribution in [3.63, 3.8) is 0 Å². The molecule has 2 nitrogen and oxygen atoms in total. The van der Waals surface area contributed by atoms with Crippen LogP contribution in [0.5, 0.6) is 0 Å². The lowest BCUT2D eigenvalue weighted by Crippen LogP contribution is -2.59. The third kappa shape index (κ3) is 3.80. The molecule has 1 aliphatic heterocycles. The van der Waals surface area contributed by atoms with Crippen LogP contribution in [0, 0.1) is 11.8 Å². The van der Waals surface area contributed by atoms with E-state index in [9.17, 15) is 0 Å². The Labute approximate surface area is 122 Å². The maximum Gasteiger partial charge on any atom is 0.0247 e. The molecular formula is C16H28N2S. The molecular weight excluding hydrogens is 252 g/mol. The summed E-state index contributed by atoms with van der Waals surface area (Å²) in [6.45, 7) is 12.8. The highest BCUT2D eigenvalue weighted by Gasteiger charge is 2.31. The van der Waals surface area contributed by atoms with Crippen LogP contribution in [-0.2, 0) is 6.54 Å². The van der Waals surface area contributed by atoms with Gasteiger partial charge in [-0.1, -0.05) is 34.1 Å². The van der Waals surface area contributed by atoms with Gasteiger partial charge in [-0.3, -0.25) is 4.90 Å². The normalized spacial score (nSPS) is 26.8. The van der Waals surface area contributed by atoms with E-state index in [1.165, 1.54) is 18.5 Å². The molecule has 1 aromatic heterocycles. The van der Waals surface area contributed by atoms with Crippen molar-refractivity contribution in [2.45, 2.75) is 52.7 Å². The minimum Gasteiger partial charge on any atom is -0.311 e. The van der Waals surface area contributed by atoms with Gasteiger partial charge in [0.1, 0.15) is 0 Å². The van der Waals surface area contributed by atoms with Crippen LogP contribution >= 0.6 is 11.3 Å². The van der Waals surface area contributed by atoms with Crippen LogP contribution in [0.2, 0.25) is 0 Å². The zero-order chi connectivity index (χ0) is 13.8. The van der Waals surface area contributed by atoms with Gasteiger partial charge in [-0.2, -0.15) is 11.3 Å². The van der Waals surface area contributed by atoms with E-state index < -0.39 is 0 Å². The van der Waals surface area contributed by atoms with Crippen LogP contribution in [0.3, 0.4) is 0 Å². The minimum absolute atomic E-state index is 0.652. The molecule has 1 aromatic rings. The molecule has 1 aliphatic rings. The van der Waals surface area contributed by atoms with Crippen molar-refractivity contribution in [3.05, 3.63) is 22.4 Å². The summed E-state index contributed by atoms with van der Waals surface area (Å²) >= 11 is 1.81. The van der Waals surface area contributed by atoms with Gasteiger partial charge in [0.25, 0.3) is 0 Å². The number of piperazine rings is 1. The molecule has 3 atom stereocenters. The van der Waals surface area contributed by atoms with E-state index in [2.05, 4.69) is 54.7 Å². The molecule has 0 bridgehead atoms. The first-order valence-electron chi connectivity index (χ1n) is 7.60. The topological polar surface area (TPSA) is 15.3 Å². The van der Waals surface area contributed by atoms with Crippen LogP contribution in [0.25, 0.3) is 0 Å². The molecule has 0 amide bonds. The van der Waals surface area contributed by atoms with Crippen molar-refractivity contribution in [2.24, 2.45) is 11.8 Å². The molecule has 2 rings (SSSR count). The second-order valence-corrected chi connectivity index (χ2v) is 7.05. The Kier molecular flexibility index (Phi) is 5.43. The van der Waals surface area contributed by atoms with Crippen LogP contribution in [0.15, 0.2) is 16.8 Å². The van der Waals surface area contributed by atoms with Gasteiger partial charge in [0.15, 0.2) is 0 Å². The van der Waals surface area contributed by atoms with Gasteiger partial charge in [-0.05, 0) is 34.2 Å². The van der Waals surface area contributed by atoms with Crippen LogP contribution < -0.4 is 5.32 Å². The lowest BCUT2D eigenvalue weighted by Gasteiger charge is -2.44. The van der Waals surface area contributed by atoms with E-state index in [-0.39, 0.29) is 0 Å². The Hall–Kier alpha value is -0.380. The number of nitrogens with one attached hydrogen (secondary N) is 1. The average molecular weight is 280 g/mol. The molecule has 0 aliphatic carbocycles. The molecule has 108 valence electrons. The van der Waals surface area contributed by atoms with E-state index in [0.29, 0.717) is 18.0 Å². The van der Waals surface area contributed by atoms with Gasteiger partial charge in [0, 0.05) is 31.7 Å². The Morgan fingerprint density at radius 3 is 2.79 bits per heavy atom. The summed E-state index contributed by atoms with van der Waals surface area (Å²) < 4.78 is 0. The SMILES string of the molecule is CCC(C)C1CN(Cc2ccsc2)C(C(C)C)CN1. The zero-order valence-electron chi connectivity index (χ0n) is 12.7.